The van der Waals surface area contributed by atoms with Gasteiger partial charge in [0, 0.05) is 6.92 Å². The van der Waals surface area contributed by atoms with Crippen molar-refractivity contribution >= 4 is 35.1 Å². The van der Waals surface area contributed by atoms with E-state index >= 15 is 0 Å². The predicted molar refractivity (Wildman–Crippen MR) is 90.1 cm³/mol. The first kappa shape index (κ1) is 17.7. The number of hydrogen-bond donors (Lipinski definition) is 2. The van der Waals surface area contributed by atoms with E-state index in [9.17, 15) is 18.8 Å². The van der Waals surface area contributed by atoms with Gasteiger partial charge in [-0.15, -0.1) is 0 Å². The van der Waals surface area contributed by atoms with E-state index < -0.39 is 23.9 Å². The average Bonchev–Trinajstić information content (AvgIpc) is 3.20. The van der Waals surface area contributed by atoms with E-state index in [0.717, 1.165) is 17.6 Å². The standard InChI is InChI=1S/C15H14FN5O4S/c1-7(22)18-5-9-6-21(15(24)25-9)8-2-3-10(11(16)4-8)13-19-14(12(17)23)26-20-13/h2-4,9H,5-6H2,1H3,(H2,17,23)(H,18,22)/t9-/m0/s1. The van der Waals surface area contributed by atoms with Crippen LogP contribution < -0.4 is 16.0 Å². The van der Waals surface area contributed by atoms with Gasteiger partial charge in [-0.1, -0.05) is 0 Å². The van der Waals surface area contributed by atoms with Crippen molar-refractivity contribution in [2.75, 3.05) is 18.0 Å². The van der Waals surface area contributed by atoms with Gasteiger partial charge in [0.05, 0.1) is 24.3 Å². The van der Waals surface area contributed by atoms with E-state index in [1.807, 2.05) is 0 Å². The quantitative estimate of drug-likeness (QED) is 0.795. The van der Waals surface area contributed by atoms with Crippen LogP contribution >= 0.6 is 11.5 Å². The number of primary amides is 1. The van der Waals surface area contributed by atoms with Crippen LogP contribution in [-0.4, -0.2) is 46.5 Å². The van der Waals surface area contributed by atoms with E-state index in [0.29, 0.717) is 5.69 Å². The fraction of sp³-hybridized carbons (Fsp3) is 0.267. The topological polar surface area (TPSA) is 128 Å². The van der Waals surface area contributed by atoms with Gasteiger partial charge in [-0.25, -0.2) is 14.2 Å². The van der Waals surface area contributed by atoms with Gasteiger partial charge in [0.1, 0.15) is 11.9 Å². The second kappa shape index (κ2) is 7.04. The summed E-state index contributed by atoms with van der Waals surface area (Å²) in [5, 5.41) is 2.54. The molecule has 0 saturated carbocycles. The van der Waals surface area contributed by atoms with Gasteiger partial charge in [-0.2, -0.15) is 4.37 Å². The molecule has 0 bridgehead atoms. The molecule has 1 fully saturated rings. The van der Waals surface area contributed by atoms with Crippen LogP contribution in [0.1, 0.15) is 16.7 Å². The number of cyclic esters (lactones) is 1. The molecule has 9 nitrogen and oxygen atoms in total. The average molecular weight is 379 g/mol. The zero-order chi connectivity index (χ0) is 18.8. The molecule has 1 atom stereocenters. The molecule has 3 amide bonds. The summed E-state index contributed by atoms with van der Waals surface area (Å²) in [6, 6.07) is 4.08. The molecule has 0 spiro atoms. The number of carbonyl (C=O) groups is 3. The van der Waals surface area contributed by atoms with Crippen molar-refractivity contribution in [2.24, 2.45) is 5.73 Å². The third kappa shape index (κ3) is 3.61. The summed E-state index contributed by atoms with van der Waals surface area (Å²) in [7, 11) is 0. The van der Waals surface area contributed by atoms with Crippen LogP contribution in [0.4, 0.5) is 14.9 Å². The Bertz CT molecular complexity index is 887. The lowest BCUT2D eigenvalue weighted by Crippen LogP contribution is -2.33. The second-order valence-electron chi connectivity index (χ2n) is 5.50. The van der Waals surface area contributed by atoms with Crippen LogP contribution in [0.15, 0.2) is 18.2 Å². The first-order valence-corrected chi connectivity index (χ1v) is 8.28. The maximum absolute atomic E-state index is 14.5. The van der Waals surface area contributed by atoms with Crippen LogP contribution in [0, 0.1) is 5.82 Å². The van der Waals surface area contributed by atoms with Crippen LogP contribution in [0.2, 0.25) is 0 Å². The first-order valence-electron chi connectivity index (χ1n) is 7.51. The summed E-state index contributed by atoms with van der Waals surface area (Å²) >= 11 is 0.778. The second-order valence-corrected chi connectivity index (χ2v) is 6.26. The lowest BCUT2D eigenvalue weighted by molar-refractivity contribution is -0.119. The van der Waals surface area contributed by atoms with Crippen molar-refractivity contribution in [2.45, 2.75) is 13.0 Å². The van der Waals surface area contributed by atoms with Gasteiger partial charge in [0.2, 0.25) is 10.9 Å². The predicted octanol–water partition coefficient (Wildman–Crippen LogP) is 0.904. The minimum absolute atomic E-state index is 0.0209. The molecule has 1 aliphatic heterocycles. The number of aromatic nitrogens is 2. The minimum atomic E-state index is -0.740. The summed E-state index contributed by atoms with van der Waals surface area (Å²) in [5.41, 5.74) is 5.49. The number of ether oxygens (including phenoxy) is 1. The summed E-state index contributed by atoms with van der Waals surface area (Å²) in [4.78, 5) is 39.1. The Kier molecular flexibility index (Phi) is 4.80. The number of nitrogens with zero attached hydrogens (tertiary/aromatic N) is 3. The number of carbonyl (C=O) groups excluding carboxylic acids is 3. The number of rotatable bonds is 5. The monoisotopic (exact) mass is 379 g/mol. The highest BCUT2D eigenvalue weighted by molar-refractivity contribution is 7.07. The van der Waals surface area contributed by atoms with Crippen molar-refractivity contribution in [3.05, 3.63) is 29.0 Å². The molecule has 11 heteroatoms. The van der Waals surface area contributed by atoms with Gasteiger partial charge < -0.3 is 15.8 Å². The third-order valence-corrected chi connectivity index (χ3v) is 4.32. The van der Waals surface area contributed by atoms with E-state index in [1.165, 1.54) is 24.0 Å². The Balaban J connectivity index is 1.77. The fourth-order valence-electron chi connectivity index (χ4n) is 2.38. The largest absolute Gasteiger partial charge is 0.442 e. The smallest absolute Gasteiger partial charge is 0.414 e. The number of halogens is 1. The number of anilines is 1. The molecule has 136 valence electrons. The van der Waals surface area contributed by atoms with Crippen LogP contribution in [0.3, 0.4) is 0 Å². The first-order chi connectivity index (χ1) is 12.3. The van der Waals surface area contributed by atoms with Gasteiger partial charge in [-0.3, -0.25) is 14.5 Å². The van der Waals surface area contributed by atoms with E-state index in [2.05, 4.69) is 14.7 Å². The van der Waals surface area contributed by atoms with Crippen LogP contribution in [0.5, 0.6) is 0 Å². The summed E-state index contributed by atoms with van der Waals surface area (Å²) in [5.74, 6) is -1.59. The highest BCUT2D eigenvalue weighted by atomic mass is 32.1. The van der Waals surface area contributed by atoms with Gasteiger partial charge in [-0.05, 0) is 29.7 Å². The normalized spacial score (nSPS) is 16.5. The summed E-state index contributed by atoms with van der Waals surface area (Å²) in [6.07, 6.45) is -1.15. The van der Waals surface area contributed by atoms with Crippen LogP contribution in [-0.2, 0) is 9.53 Å². The van der Waals surface area contributed by atoms with Crippen molar-refractivity contribution < 1.29 is 23.5 Å². The highest BCUT2D eigenvalue weighted by Crippen LogP contribution is 2.28. The number of amides is 3. The number of nitrogens with two attached hydrogens (primary N) is 1. The zero-order valence-corrected chi connectivity index (χ0v) is 14.4. The van der Waals surface area contributed by atoms with Crippen molar-refractivity contribution in [3.8, 4) is 11.4 Å². The SMILES string of the molecule is CC(=O)NC[C@H]1CN(c2ccc(-c3nsc(C(N)=O)n3)c(F)c2)C(=O)O1. The molecule has 0 radical (unpaired) electrons. The zero-order valence-electron chi connectivity index (χ0n) is 13.6. The number of nitrogens with one attached hydrogen (secondary N) is 1. The Morgan fingerprint density at radius 1 is 1.50 bits per heavy atom. The lowest BCUT2D eigenvalue weighted by Gasteiger charge is -2.14. The summed E-state index contributed by atoms with van der Waals surface area (Å²) in [6.45, 7) is 1.72. The Morgan fingerprint density at radius 3 is 2.88 bits per heavy atom. The van der Waals surface area contributed by atoms with Gasteiger partial charge >= 0.3 is 6.09 Å². The van der Waals surface area contributed by atoms with E-state index in [-0.39, 0.29) is 35.4 Å². The highest BCUT2D eigenvalue weighted by Gasteiger charge is 2.32. The van der Waals surface area contributed by atoms with E-state index in [4.69, 9.17) is 10.5 Å². The molecule has 2 aromatic rings. The molecular weight excluding hydrogens is 365 g/mol. The minimum Gasteiger partial charge on any atom is -0.442 e. The maximum Gasteiger partial charge on any atom is 0.414 e. The van der Waals surface area contributed by atoms with E-state index in [1.54, 1.807) is 0 Å². The Morgan fingerprint density at radius 2 is 2.27 bits per heavy atom. The van der Waals surface area contributed by atoms with Gasteiger partial charge in [0.15, 0.2) is 5.82 Å². The van der Waals surface area contributed by atoms with Gasteiger partial charge in [0.25, 0.3) is 5.91 Å². The maximum atomic E-state index is 14.5. The molecule has 1 aromatic heterocycles. The lowest BCUT2D eigenvalue weighted by atomic mass is 10.1. The number of hydrogen-bond acceptors (Lipinski definition) is 7. The molecular formula is C15H14FN5O4S. The van der Waals surface area contributed by atoms with Crippen molar-refractivity contribution in [3.63, 3.8) is 0 Å². The molecule has 3 rings (SSSR count). The molecule has 1 aliphatic rings. The molecule has 26 heavy (non-hydrogen) atoms. The molecule has 1 saturated heterocycles. The third-order valence-electron chi connectivity index (χ3n) is 3.59. The van der Waals surface area contributed by atoms with Crippen LogP contribution in [0.25, 0.3) is 11.4 Å². The fourth-order valence-corrected chi connectivity index (χ4v) is 2.91. The number of benzene rings is 1. The Labute approximate surface area is 151 Å². The molecule has 1 aromatic carbocycles. The molecule has 0 aliphatic carbocycles. The van der Waals surface area contributed by atoms with Crippen molar-refractivity contribution in [1.82, 2.24) is 14.7 Å². The molecule has 3 N–H and O–H groups in total. The Hall–Kier alpha value is -3.08. The molecule has 2 heterocycles. The van der Waals surface area contributed by atoms with Crippen molar-refractivity contribution in [1.29, 1.82) is 0 Å². The molecule has 0 unspecified atom stereocenters. The summed E-state index contributed by atoms with van der Waals surface area (Å²) < 4.78 is 23.5.